The summed E-state index contributed by atoms with van der Waals surface area (Å²) in [5.41, 5.74) is 2.50. The number of pyridine rings is 1. The summed E-state index contributed by atoms with van der Waals surface area (Å²) in [6, 6.07) is 17.0. The van der Waals surface area contributed by atoms with Crippen LogP contribution in [0.3, 0.4) is 0 Å². The molecular weight excluding hydrogens is 381 g/mol. The van der Waals surface area contributed by atoms with Crippen LogP contribution in [0.15, 0.2) is 71.7 Å². The lowest BCUT2D eigenvalue weighted by atomic mass is 10.1. The second-order valence-electron chi connectivity index (χ2n) is 7.73. The van der Waals surface area contributed by atoms with Crippen LogP contribution in [0.25, 0.3) is 0 Å². The van der Waals surface area contributed by atoms with Gasteiger partial charge in [0, 0.05) is 43.8 Å². The van der Waals surface area contributed by atoms with E-state index in [1.165, 1.54) is 18.2 Å². The number of carbonyl (C=O) groups excluding carboxylic acids is 1. The average molecular weight is 407 g/mol. The molecule has 2 aromatic carbocycles. The number of amides is 1. The first-order chi connectivity index (χ1) is 14.3. The van der Waals surface area contributed by atoms with Gasteiger partial charge in [-0.25, -0.2) is 4.39 Å². The minimum atomic E-state index is -0.525. The van der Waals surface area contributed by atoms with Crippen molar-refractivity contribution in [2.45, 2.75) is 20.4 Å². The molecule has 0 aliphatic carbocycles. The van der Waals surface area contributed by atoms with E-state index in [1.807, 2.05) is 50.1 Å². The van der Waals surface area contributed by atoms with Gasteiger partial charge in [-0.05, 0) is 41.8 Å². The third-order valence-electron chi connectivity index (χ3n) is 4.75. The Labute approximate surface area is 175 Å². The van der Waals surface area contributed by atoms with Crippen LogP contribution in [-0.4, -0.2) is 24.5 Å². The molecule has 156 valence electrons. The zero-order chi connectivity index (χ0) is 21.7. The number of H-pyrrole nitrogens is 1. The van der Waals surface area contributed by atoms with E-state index in [2.05, 4.69) is 4.98 Å². The molecule has 5 nitrogen and oxygen atoms in total. The van der Waals surface area contributed by atoms with Crippen molar-refractivity contribution in [1.82, 2.24) is 4.98 Å². The average Bonchev–Trinajstić information content (AvgIpc) is 2.73. The zero-order valence-corrected chi connectivity index (χ0v) is 17.4. The maximum Gasteiger partial charge on any atom is 0.261 e. The monoisotopic (exact) mass is 407 g/mol. The predicted molar refractivity (Wildman–Crippen MR) is 119 cm³/mol. The molecule has 0 unspecified atom stereocenters. The van der Waals surface area contributed by atoms with Gasteiger partial charge in [0.2, 0.25) is 5.56 Å². The number of carbonyl (C=O) groups is 1. The normalized spacial score (nSPS) is 10.8. The van der Waals surface area contributed by atoms with Crippen LogP contribution < -0.4 is 15.4 Å². The fourth-order valence-electron chi connectivity index (χ4n) is 3.26. The SMILES string of the molecule is CC(C)CN(C(=O)c1ccccc1F)c1cccc(N(C)Cc2ccc(=O)[nH]c2)c1. The first-order valence-electron chi connectivity index (χ1n) is 9.90. The van der Waals surface area contributed by atoms with Crippen LogP contribution in [0.4, 0.5) is 15.8 Å². The lowest BCUT2D eigenvalue weighted by Gasteiger charge is -2.27. The van der Waals surface area contributed by atoms with Crippen molar-refractivity contribution in [2.75, 3.05) is 23.4 Å². The molecule has 0 radical (unpaired) electrons. The van der Waals surface area contributed by atoms with E-state index in [0.29, 0.717) is 18.8 Å². The van der Waals surface area contributed by atoms with E-state index in [0.717, 1.165) is 11.3 Å². The molecule has 0 aliphatic heterocycles. The van der Waals surface area contributed by atoms with Crippen LogP contribution in [0.2, 0.25) is 0 Å². The van der Waals surface area contributed by atoms with Gasteiger partial charge in [-0.15, -0.1) is 0 Å². The minimum absolute atomic E-state index is 0.0603. The maximum absolute atomic E-state index is 14.3. The van der Waals surface area contributed by atoms with Crippen LogP contribution in [0, 0.1) is 11.7 Å². The summed E-state index contributed by atoms with van der Waals surface area (Å²) in [5, 5.41) is 0. The van der Waals surface area contributed by atoms with E-state index in [9.17, 15) is 14.0 Å². The lowest BCUT2D eigenvalue weighted by Crippen LogP contribution is -2.35. The molecule has 30 heavy (non-hydrogen) atoms. The second-order valence-corrected chi connectivity index (χ2v) is 7.73. The number of nitrogens with one attached hydrogen (secondary N) is 1. The Morgan fingerprint density at radius 1 is 1.03 bits per heavy atom. The van der Waals surface area contributed by atoms with E-state index < -0.39 is 5.82 Å². The quantitative estimate of drug-likeness (QED) is 0.629. The van der Waals surface area contributed by atoms with Gasteiger partial charge in [0.1, 0.15) is 5.82 Å². The molecule has 1 amide bonds. The van der Waals surface area contributed by atoms with Crippen molar-refractivity contribution < 1.29 is 9.18 Å². The molecule has 1 heterocycles. The van der Waals surface area contributed by atoms with E-state index in [4.69, 9.17) is 0 Å². The van der Waals surface area contributed by atoms with E-state index in [1.54, 1.807) is 29.3 Å². The fourth-order valence-corrected chi connectivity index (χ4v) is 3.26. The van der Waals surface area contributed by atoms with Crippen molar-refractivity contribution in [2.24, 2.45) is 5.92 Å². The number of hydrogen-bond donors (Lipinski definition) is 1. The summed E-state index contributed by atoms with van der Waals surface area (Å²) in [4.78, 5) is 30.7. The molecule has 0 saturated heterocycles. The highest BCUT2D eigenvalue weighted by Crippen LogP contribution is 2.26. The number of aromatic nitrogens is 1. The highest BCUT2D eigenvalue weighted by Gasteiger charge is 2.22. The van der Waals surface area contributed by atoms with Gasteiger partial charge in [0.15, 0.2) is 0 Å². The standard InChI is InChI=1S/C24H26FN3O2/c1-17(2)15-28(24(30)21-9-4-5-10-22(21)25)20-8-6-7-19(13-20)27(3)16-18-11-12-23(29)26-14-18/h4-14,17H,15-16H2,1-3H3,(H,26,29). The van der Waals surface area contributed by atoms with Crippen molar-refractivity contribution >= 4 is 17.3 Å². The molecule has 1 N–H and O–H groups in total. The zero-order valence-electron chi connectivity index (χ0n) is 17.4. The lowest BCUT2D eigenvalue weighted by molar-refractivity contribution is 0.0980. The maximum atomic E-state index is 14.3. The summed E-state index contributed by atoms with van der Waals surface area (Å²) >= 11 is 0. The first-order valence-corrected chi connectivity index (χ1v) is 9.90. The van der Waals surface area contributed by atoms with Gasteiger partial charge in [-0.1, -0.05) is 38.1 Å². The summed E-state index contributed by atoms with van der Waals surface area (Å²) in [6.07, 6.45) is 1.69. The summed E-state index contributed by atoms with van der Waals surface area (Å²) in [6.45, 7) is 5.10. The Morgan fingerprint density at radius 2 is 1.77 bits per heavy atom. The predicted octanol–water partition coefficient (Wildman–Crippen LogP) is 4.45. The fraction of sp³-hybridized carbons (Fsp3) is 0.250. The van der Waals surface area contributed by atoms with E-state index >= 15 is 0 Å². The third-order valence-corrected chi connectivity index (χ3v) is 4.75. The Bertz CT molecular complexity index is 1060. The van der Waals surface area contributed by atoms with Gasteiger partial charge in [-0.3, -0.25) is 9.59 Å². The topological polar surface area (TPSA) is 56.4 Å². The van der Waals surface area contributed by atoms with E-state index in [-0.39, 0.29) is 22.9 Å². The molecule has 3 aromatic rings. The molecule has 1 aromatic heterocycles. The Morgan fingerprint density at radius 3 is 2.43 bits per heavy atom. The largest absolute Gasteiger partial charge is 0.370 e. The second kappa shape index (κ2) is 9.39. The van der Waals surface area contributed by atoms with Crippen LogP contribution in [-0.2, 0) is 6.54 Å². The van der Waals surface area contributed by atoms with Crippen molar-refractivity contribution in [3.05, 3.63) is 94.2 Å². The number of anilines is 2. The molecule has 0 spiro atoms. The van der Waals surface area contributed by atoms with Gasteiger partial charge in [0.05, 0.1) is 5.56 Å². The van der Waals surface area contributed by atoms with Crippen molar-refractivity contribution in [3.8, 4) is 0 Å². The molecule has 0 bridgehead atoms. The molecule has 3 rings (SSSR count). The van der Waals surface area contributed by atoms with Crippen molar-refractivity contribution in [3.63, 3.8) is 0 Å². The summed E-state index contributed by atoms with van der Waals surface area (Å²) in [7, 11) is 1.94. The number of rotatable bonds is 7. The molecule has 0 saturated carbocycles. The minimum Gasteiger partial charge on any atom is -0.370 e. The molecule has 0 aliphatic rings. The molecule has 0 atom stereocenters. The number of hydrogen-bond acceptors (Lipinski definition) is 3. The smallest absolute Gasteiger partial charge is 0.261 e. The molecule has 6 heteroatoms. The van der Waals surface area contributed by atoms with Gasteiger partial charge >= 0.3 is 0 Å². The van der Waals surface area contributed by atoms with Crippen LogP contribution in [0.1, 0.15) is 29.8 Å². The number of halogens is 1. The highest BCUT2D eigenvalue weighted by molar-refractivity contribution is 6.06. The third kappa shape index (κ3) is 5.14. The number of benzene rings is 2. The van der Waals surface area contributed by atoms with Gasteiger partial charge < -0.3 is 14.8 Å². The Kier molecular flexibility index (Phi) is 6.67. The number of nitrogens with zero attached hydrogens (tertiary/aromatic N) is 2. The van der Waals surface area contributed by atoms with Gasteiger partial charge in [0.25, 0.3) is 5.91 Å². The van der Waals surface area contributed by atoms with Gasteiger partial charge in [-0.2, -0.15) is 0 Å². The molecule has 0 fully saturated rings. The summed E-state index contributed by atoms with van der Waals surface area (Å²) in [5.74, 6) is -0.673. The number of aromatic amines is 1. The Balaban J connectivity index is 1.89. The first kappa shape index (κ1) is 21.3. The molecular formula is C24H26FN3O2. The summed E-state index contributed by atoms with van der Waals surface area (Å²) < 4.78 is 14.3. The van der Waals surface area contributed by atoms with Crippen LogP contribution >= 0.6 is 0 Å². The van der Waals surface area contributed by atoms with Crippen molar-refractivity contribution in [1.29, 1.82) is 0 Å². The Hall–Kier alpha value is -3.41. The van der Waals surface area contributed by atoms with Crippen LogP contribution in [0.5, 0.6) is 0 Å². The highest BCUT2D eigenvalue weighted by atomic mass is 19.1.